The zero-order valence-corrected chi connectivity index (χ0v) is 19.5. The maximum Gasteiger partial charge on any atom is 1.00 e. The van der Waals surface area contributed by atoms with Gasteiger partial charge >= 0.3 is 18.9 Å². The van der Waals surface area contributed by atoms with E-state index in [1.54, 1.807) is 59.4 Å². The van der Waals surface area contributed by atoms with Crippen LogP contribution in [-0.4, -0.2) is 23.3 Å². The van der Waals surface area contributed by atoms with Crippen molar-refractivity contribution in [2.24, 2.45) is 0 Å². The summed E-state index contributed by atoms with van der Waals surface area (Å²) >= 11 is 0. The van der Waals surface area contributed by atoms with E-state index in [0.29, 0.717) is 17.0 Å². The number of sulfonamides is 1. The summed E-state index contributed by atoms with van der Waals surface area (Å²) in [5, 5.41) is 11.7. The number of aromatic nitrogens is 1. The fourth-order valence-electron chi connectivity index (χ4n) is 3.26. The van der Waals surface area contributed by atoms with E-state index in [-0.39, 0.29) is 35.9 Å². The van der Waals surface area contributed by atoms with E-state index in [1.807, 2.05) is 6.92 Å². The van der Waals surface area contributed by atoms with Crippen molar-refractivity contribution >= 4 is 16.0 Å². The normalized spacial score (nSPS) is 10.6. The van der Waals surface area contributed by atoms with Crippen LogP contribution in [0.15, 0.2) is 94.7 Å². The summed E-state index contributed by atoms with van der Waals surface area (Å²) in [6.45, 7) is 1.75. The number of carboxylic acid groups (broad SMARTS) is 1. The second kappa shape index (κ2) is 10.5. The predicted octanol–water partition coefficient (Wildman–Crippen LogP) is -0.0537. The summed E-state index contributed by atoms with van der Waals surface area (Å²) in [6.07, 6.45) is 4.81. The van der Waals surface area contributed by atoms with E-state index in [9.17, 15) is 18.3 Å². The maximum absolute atomic E-state index is 13.4. The van der Waals surface area contributed by atoms with Gasteiger partial charge in [-0.15, -0.1) is 0 Å². The molecule has 9 heteroatoms. The van der Waals surface area contributed by atoms with E-state index in [1.165, 1.54) is 30.5 Å². The molecule has 0 N–H and O–H groups in total. The SMILES string of the molecule is Cc1ccc(S(=O)(=O)N(C#Cc2cccc(C(=O)[O-])c2-n2cccc2)Cc2ccco2)cc1.[Li+]. The Bertz CT molecular complexity index is 1430. The van der Waals surface area contributed by atoms with Crippen molar-refractivity contribution in [1.82, 2.24) is 8.87 Å². The number of furan rings is 1. The van der Waals surface area contributed by atoms with Gasteiger partial charge in [0, 0.05) is 24.0 Å². The molecule has 7 nitrogen and oxygen atoms in total. The minimum atomic E-state index is -3.99. The zero-order chi connectivity index (χ0) is 23.4. The van der Waals surface area contributed by atoms with Gasteiger partial charge in [-0.1, -0.05) is 29.8 Å². The van der Waals surface area contributed by atoms with Gasteiger partial charge in [0.1, 0.15) is 12.3 Å². The van der Waals surface area contributed by atoms with Gasteiger partial charge in [0.05, 0.1) is 28.4 Å². The summed E-state index contributed by atoms with van der Waals surface area (Å²) in [5.41, 5.74) is 1.49. The summed E-state index contributed by atoms with van der Waals surface area (Å²) in [7, 11) is -3.99. The van der Waals surface area contributed by atoms with Crippen LogP contribution in [0.5, 0.6) is 0 Å². The van der Waals surface area contributed by atoms with E-state index in [2.05, 4.69) is 12.0 Å². The van der Waals surface area contributed by atoms with E-state index in [4.69, 9.17) is 4.42 Å². The molecule has 4 rings (SSSR count). The second-order valence-corrected chi connectivity index (χ2v) is 9.08. The Labute approximate surface area is 209 Å². The molecule has 0 unspecified atom stereocenters. The molecule has 0 radical (unpaired) electrons. The number of aryl methyl sites for hydroxylation is 1. The largest absolute Gasteiger partial charge is 1.00 e. The topological polar surface area (TPSA) is 95.6 Å². The Hall–Kier alpha value is -3.62. The number of para-hydroxylation sites is 1. The Balaban J connectivity index is 0.00000324. The summed E-state index contributed by atoms with van der Waals surface area (Å²) in [5.74, 6) is 1.89. The zero-order valence-electron chi connectivity index (χ0n) is 18.6. The summed E-state index contributed by atoms with van der Waals surface area (Å²) < 4.78 is 34.6. The second-order valence-electron chi connectivity index (χ2n) is 7.22. The first kappa shape index (κ1) is 25.0. The summed E-state index contributed by atoms with van der Waals surface area (Å²) in [4.78, 5) is 11.8. The molecule has 166 valence electrons. The van der Waals surface area contributed by atoms with Crippen molar-refractivity contribution in [3.05, 3.63) is 108 Å². The smallest absolute Gasteiger partial charge is 0.545 e. The molecular weight excluding hydrogens is 447 g/mol. The van der Waals surface area contributed by atoms with Crippen LogP contribution in [0.4, 0.5) is 0 Å². The summed E-state index contributed by atoms with van der Waals surface area (Å²) in [6, 6.07) is 20.5. The van der Waals surface area contributed by atoms with Crippen molar-refractivity contribution < 1.29 is 41.6 Å². The fraction of sp³-hybridized carbons (Fsp3) is 0.0800. The van der Waals surface area contributed by atoms with E-state index < -0.39 is 16.0 Å². The Kier molecular flexibility index (Phi) is 7.75. The molecular formula is C25H19LiN2O5S. The van der Waals surface area contributed by atoms with Crippen LogP contribution in [0, 0.1) is 18.9 Å². The molecule has 0 atom stereocenters. The van der Waals surface area contributed by atoms with Gasteiger partial charge in [0.15, 0.2) is 0 Å². The quantitative estimate of drug-likeness (QED) is 0.226. The molecule has 2 aromatic carbocycles. The number of aromatic carboxylic acids is 1. The Morgan fingerprint density at radius 2 is 1.74 bits per heavy atom. The average Bonchev–Trinajstić information content (AvgIpc) is 3.51. The number of hydrogen-bond acceptors (Lipinski definition) is 5. The average molecular weight is 466 g/mol. The van der Waals surface area contributed by atoms with Crippen LogP contribution in [0.3, 0.4) is 0 Å². The molecule has 2 heterocycles. The number of benzene rings is 2. The van der Waals surface area contributed by atoms with Crippen LogP contribution in [0.2, 0.25) is 0 Å². The number of hydrogen-bond donors (Lipinski definition) is 0. The van der Waals surface area contributed by atoms with Crippen molar-refractivity contribution in [2.45, 2.75) is 18.4 Å². The monoisotopic (exact) mass is 466 g/mol. The number of nitrogens with zero attached hydrogens (tertiary/aromatic N) is 2. The third-order valence-electron chi connectivity index (χ3n) is 4.92. The molecule has 0 saturated heterocycles. The first-order chi connectivity index (χ1) is 15.9. The van der Waals surface area contributed by atoms with Gasteiger partial charge in [-0.3, -0.25) is 0 Å². The van der Waals surface area contributed by atoms with Crippen LogP contribution in [0.25, 0.3) is 5.69 Å². The molecule has 0 saturated carbocycles. The van der Waals surface area contributed by atoms with Gasteiger partial charge in [0.2, 0.25) is 0 Å². The molecule has 0 aliphatic rings. The molecule has 0 aliphatic carbocycles. The minimum Gasteiger partial charge on any atom is -0.545 e. The van der Waals surface area contributed by atoms with Crippen molar-refractivity contribution in [3.63, 3.8) is 0 Å². The van der Waals surface area contributed by atoms with Crippen molar-refractivity contribution in [2.75, 3.05) is 0 Å². The van der Waals surface area contributed by atoms with E-state index >= 15 is 0 Å². The number of rotatable bonds is 6. The molecule has 34 heavy (non-hydrogen) atoms. The van der Waals surface area contributed by atoms with Crippen LogP contribution < -0.4 is 24.0 Å². The van der Waals surface area contributed by atoms with Gasteiger partial charge in [-0.05, 0) is 55.3 Å². The molecule has 0 spiro atoms. The van der Waals surface area contributed by atoms with E-state index in [0.717, 1.165) is 9.87 Å². The van der Waals surface area contributed by atoms with Gasteiger partial charge in [0.25, 0.3) is 10.0 Å². The van der Waals surface area contributed by atoms with Gasteiger partial charge < -0.3 is 18.9 Å². The van der Waals surface area contributed by atoms with Gasteiger partial charge in [-0.25, -0.2) is 12.7 Å². The first-order valence-electron chi connectivity index (χ1n) is 9.97. The van der Waals surface area contributed by atoms with Crippen molar-refractivity contribution in [1.29, 1.82) is 0 Å². The predicted molar refractivity (Wildman–Crippen MR) is 120 cm³/mol. The van der Waals surface area contributed by atoms with Crippen LogP contribution in [0.1, 0.15) is 27.2 Å². The molecule has 0 amide bonds. The Morgan fingerprint density at radius 3 is 2.35 bits per heavy atom. The molecule has 2 aromatic heterocycles. The third kappa shape index (κ3) is 5.30. The number of carbonyl (C=O) groups is 1. The first-order valence-corrected chi connectivity index (χ1v) is 11.4. The number of carboxylic acids is 1. The molecule has 4 aromatic rings. The third-order valence-corrected chi connectivity index (χ3v) is 6.59. The van der Waals surface area contributed by atoms with Crippen LogP contribution in [-0.2, 0) is 16.6 Å². The van der Waals surface area contributed by atoms with Crippen molar-refractivity contribution in [3.8, 4) is 17.7 Å². The minimum absolute atomic E-state index is 0. The number of carbonyl (C=O) groups excluding carboxylic acids is 1. The molecule has 0 fully saturated rings. The molecule has 0 bridgehead atoms. The fourth-order valence-corrected chi connectivity index (χ4v) is 4.46. The molecule has 0 aliphatic heterocycles. The Morgan fingerprint density at radius 1 is 1.03 bits per heavy atom. The van der Waals surface area contributed by atoms with Crippen LogP contribution >= 0.6 is 0 Å². The maximum atomic E-state index is 13.4. The van der Waals surface area contributed by atoms with Gasteiger partial charge in [-0.2, -0.15) is 0 Å². The standard InChI is InChI=1S/C25H20N2O5S.Li/c1-19-9-11-22(12-10-19)33(30,31)27(18-21-7-5-17-32-21)16-13-20-6-4-8-23(25(28)29)24(20)26-14-2-3-15-26;/h2-12,14-15,17H,18H2,1H3,(H,28,29);/q;+1/p-1.